The van der Waals surface area contributed by atoms with Crippen LogP contribution >= 0.6 is 0 Å². The number of tetrazole rings is 1. The third kappa shape index (κ3) is 2.18. The molecule has 0 aromatic carbocycles. The number of nitrogens with one attached hydrogen (secondary N) is 1. The SMILES string of the molecule is OC[C@@H](O)[C@H](O)[C@H](O)c1nn[nH]n1. The molecule has 0 radical (unpaired) electrons. The van der Waals surface area contributed by atoms with Crippen LogP contribution in [0.2, 0.25) is 0 Å². The van der Waals surface area contributed by atoms with Crippen molar-refractivity contribution in [3.63, 3.8) is 0 Å². The molecule has 0 saturated carbocycles. The van der Waals surface area contributed by atoms with E-state index in [0.717, 1.165) is 0 Å². The van der Waals surface area contributed by atoms with E-state index >= 15 is 0 Å². The van der Waals surface area contributed by atoms with E-state index in [0.29, 0.717) is 0 Å². The number of aliphatic hydroxyl groups is 4. The Bertz CT molecular complexity index is 241. The van der Waals surface area contributed by atoms with Gasteiger partial charge in [0.25, 0.3) is 0 Å². The zero-order valence-electron chi connectivity index (χ0n) is 6.57. The van der Waals surface area contributed by atoms with Crippen molar-refractivity contribution < 1.29 is 20.4 Å². The standard InChI is InChI=1S/C5H10N4O4/c10-1-2(11)3(12)4(13)5-6-8-9-7-5/h2-4,10-13H,1H2,(H,6,7,8,9)/t2-,3+,4+/m1/s1. The van der Waals surface area contributed by atoms with E-state index in [2.05, 4.69) is 20.6 Å². The lowest BCUT2D eigenvalue weighted by molar-refractivity contribution is -0.0803. The Labute approximate surface area is 72.8 Å². The Morgan fingerprint density at radius 1 is 1.31 bits per heavy atom. The van der Waals surface area contributed by atoms with Crippen LogP contribution in [0.5, 0.6) is 0 Å². The summed E-state index contributed by atoms with van der Waals surface area (Å²) in [5, 5.41) is 47.9. The average molecular weight is 190 g/mol. The van der Waals surface area contributed by atoms with Gasteiger partial charge in [-0.05, 0) is 0 Å². The first-order chi connectivity index (χ1) is 6.16. The second-order valence-corrected chi connectivity index (χ2v) is 2.46. The van der Waals surface area contributed by atoms with E-state index in [4.69, 9.17) is 10.2 Å². The van der Waals surface area contributed by atoms with Gasteiger partial charge in [0.15, 0.2) is 0 Å². The molecule has 0 unspecified atom stereocenters. The van der Waals surface area contributed by atoms with Gasteiger partial charge >= 0.3 is 0 Å². The molecule has 8 heteroatoms. The number of nitrogens with zero attached hydrogens (tertiary/aromatic N) is 3. The molecular weight excluding hydrogens is 180 g/mol. The van der Waals surface area contributed by atoms with Gasteiger partial charge in [0.05, 0.1) is 6.61 Å². The first-order valence-electron chi connectivity index (χ1n) is 3.55. The van der Waals surface area contributed by atoms with Crippen LogP contribution in [0.1, 0.15) is 11.9 Å². The van der Waals surface area contributed by atoms with E-state index in [-0.39, 0.29) is 5.82 Å². The molecule has 1 aromatic heterocycles. The quantitative estimate of drug-likeness (QED) is 0.340. The molecule has 0 aliphatic rings. The highest BCUT2D eigenvalue weighted by atomic mass is 16.4. The van der Waals surface area contributed by atoms with Crippen molar-refractivity contribution in [3.8, 4) is 0 Å². The minimum atomic E-state index is -1.54. The number of hydrogen-bond acceptors (Lipinski definition) is 7. The average Bonchev–Trinajstić information content (AvgIpc) is 2.67. The largest absolute Gasteiger partial charge is 0.394 e. The Hall–Kier alpha value is -1.09. The first-order valence-corrected chi connectivity index (χ1v) is 3.55. The number of aliphatic hydroxyl groups excluding tert-OH is 4. The summed E-state index contributed by atoms with van der Waals surface area (Å²) in [7, 11) is 0. The van der Waals surface area contributed by atoms with Gasteiger partial charge in [0, 0.05) is 0 Å². The van der Waals surface area contributed by atoms with E-state index in [1.54, 1.807) is 0 Å². The molecule has 0 bridgehead atoms. The molecule has 5 N–H and O–H groups in total. The molecule has 1 rings (SSSR count). The molecule has 1 heterocycles. The van der Waals surface area contributed by atoms with Crippen molar-refractivity contribution in [3.05, 3.63) is 5.82 Å². The normalized spacial score (nSPS) is 18.2. The van der Waals surface area contributed by atoms with Crippen molar-refractivity contribution in [2.45, 2.75) is 18.3 Å². The Morgan fingerprint density at radius 3 is 2.46 bits per heavy atom. The molecule has 0 spiro atoms. The number of aromatic amines is 1. The van der Waals surface area contributed by atoms with Gasteiger partial charge in [-0.25, -0.2) is 0 Å². The molecule has 3 atom stereocenters. The fourth-order valence-electron chi connectivity index (χ4n) is 0.766. The predicted octanol–water partition coefficient (Wildman–Crippen LogP) is -3.05. The van der Waals surface area contributed by atoms with Crippen molar-refractivity contribution >= 4 is 0 Å². The van der Waals surface area contributed by atoms with Gasteiger partial charge in [-0.2, -0.15) is 5.21 Å². The molecular formula is C5H10N4O4. The number of rotatable bonds is 4. The van der Waals surface area contributed by atoms with Gasteiger partial charge in [0.1, 0.15) is 18.3 Å². The molecule has 0 amide bonds. The van der Waals surface area contributed by atoms with E-state index in [1.165, 1.54) is 0 Å². The maximum atomic E-state index is 9.27. The van der Waals surface area contributed by atoms with Crippen molar-refractivity contribution in [2.75, 3.05) is 6.61 Å². The summed E-state index contributed by atoms with van der Waals surface area (Å²) in [6.45, 7) is -0.657. The number of aromatic nitrogens is 4. The van der Waals surface area contributed by atoms with Crippen LogP contribution < -0.4 is 0 Å². The van der Waals surface area contributed by atoms with Crippen LogP contribution in [-0.2, 0) is 0 Å². The molecule has 1 aromatic rings. The third-order valence-corrected chi connectivity index (χ3v) is 1.53. The zero-order chi connectivity index (χ0) is 9.84. The Kier molecular flexibility index (Phi) is 3.25. The van der Waals surface area contributed by atoms with Crippen LogP contribution in [0, 0.1) is 0 Å². The van der Waals surface area contributed by atoms with Crippen LogP contribution in [0.25, 0.3) is 0 Å². The maximum Gasteiger partial charge on any atom is 0.205 e. The number of hydrogen-bond donors (Lipinski definition) is 5. The first kappa shape index (κ1) is 9.99. The summed E-state index contributed by atoms with van der Waals surface area (Å²) in [5.74, 6) is -0.139. The van der Waals surface area contributed by atoms with Crippen molar-refractivity contribution in [1.82, 2.24) is 20.6 Å². The lowest BCUT2D eigenvalue weighted by Gasteiger charge is -2.18. The van der Waals surface area contributed by atoms with E-state index < -0.39 is 24.9 Å². The van der Waals surface area contributed by atoms with Gasteiger partial charge in [0.2, 0.25) is 5.82 Å². The Balaban J connectivity index is 2.62. The van der Waals surface area contributed by atoms with Crippen molar-refractivity contribution in [2.24, 2.45) is 0 Å². The maximum absolute atomic E-state index is 9.27. The molecule has 0 aliphatic heterocycles. The predicted molar refractivity (Wildman–Crippen MR) is 38.2 cm³/mol. The summed E-state index contributed by atoms with van der Waals surface area (Å²) in [6, 6.07) is 0. The Morgan fingerprint density at radius 2 is 2.00 bits per heavy atom. The van der Waals surface area contributed by atoms with Crippen molar-refractivity contribution in [1.29, 1.82) is 0 Å². The molecule has 0 fully saturated rings. The van der Waals surface area contributed by atoms with Crippen LogP contribution in [0.4, 0.5) is 0 Å². The van der Waals surface area contributed by atoms with Crippen LogP contribution in [0.15, 0.2) is 0 Å². The van der Waals surface area contributed by atoms with Gasteiger partial charge in [-0.3, -0.25) is 0 Å². The fraction of sp³-hybridized carbons (Fsp3) is 0.800. The molecule has 8 nitrogen and oxygen atoms in total. The van der Waals surface area contributed by atoms with Crippen LogP contribution in [-0.4, -0.2) is 59.9 Å². The molecule has 0 aliphatic carbocycles. The second kappa shape index (κ2) is 4.23. The monoisotopic (exact) mass is 190 g/mol. The van der Waals surface area contributed by atoms with Gasteiger partial charge in [-0.15, -0.1) is 10.2 Å². The topological polar surface area (TPSA) is 135 Å². The summed E-state index contributed by atoms with van der Waals surface area (Å²) in [6.07, 6.45) is -4.45. The lowest BCUT2D eigenvalue weighted by Crippen LogP contribution is -2.35. The third-order valence-electron chi connectivity index (χ3n) is 1.53. The minimum Gasteiger partial charge on any atom is -0.394 e. The van der Waals surface area contributed by atoms with Gasteiger partial charge in [-0.1, -0.05) is 5.21 Å². The molecule has 0 saturated heterocycles. The molecule has 13 heavy (non-hydrogen) atoms. The number of H-pyrrole nitrogens is 1. The highest BCUT2D eigenvalue weighted by molar-refractivity contribution is 4.90. The second-order valence-electron chi connectivity index (χ2n) is 2.46. The summed E-state index contributed by atoms with van der Waals surface area (Å²) in [4.78, 5) is 0. The highest BCUT2D eigenvalue weighted by Crippen LogP contribution is 2.13. The minimum absolute atomic E-state index is 0.139. The summed E-state index contributed by atoms with van der Waals surface area (Å²) < 4.78 is 0. The fourth-order valence-corrected chi connectivity index (χ4v) is 0.766. The van der Waals surface area contributed by atoms with Gasteiger partial charge < -0.3 is 20.4 Å². The summed E-state index contributed by atoms with van der Waals surface area (Å²) in [5.41, 5.74) is 0. The van der Waals surface area contributed by atoms with Crippen LogP contribution in [0.3, 0.4) is 0 Å². The van der Waals surface area contributed by atoms with E-state index in [9.17, 15) is 10.2 Å². The molecule has 74 valence electrons. The zero-order valence-corrected chi connectivity index (χ0v) is 6.57. The highest BCUT2D eigenvalue weighted by Gasteiger charge is 2.28. The smallest absolute Gasteiger partial charge is 0.205 e. The van der Waals surface area contributed by atoms with E-state index in [1.807, 2.05) is 0 Å². The summed E-state index contributed by atoms with van der Waals surface area (Å²) >= 11 is 0. The lowest BCUT2D eigenvalue weighted by atomic mass is 10.1.